The number of amides is 1. The van der Waals surface area contributed by atoms with E-state index in [1.165, 1.54) is 23.9 Å². The molecule has 1 heterocycles. The summed E-state index contributed by atoms with van der Waals surface area (Å²) in [6, 6.07) is 23.3. The van der Waals surface area contributed by atoms with Crippen LogP contribution in [0, 0.1) is 10.1 Å². The lowest BCUT2D eigenvalue weighted by Gasteiger charge is -2.13. The lowest BCUT2D eigenvalue weighted by Crippen LogP contribution is -2.29. The molecule has 3 aromatic rings. The average molecular weight is 474 g/mol. The molecule has 1 amide bonds. The van der Waals surface area contributed by atoms with Crippen LogP contribution >= 0.6 is 11.8 Å². The maximum Gasteiger partial charge on any atom is 0.269 e. The summed E-state index contributed by atoms with van der Waals surface area (Å²) in [6.45, 7) is 2.96. The van der Waals surface area contributed by atoms with Gasteiger partial charge in [-0.05, 0) is 71.8 Å². The predicted octanol–water partition coefficient (Wildman–Crippen LogP) is 6.19. The quantitative estimate of drug-likeness (QED) is 0.221. The van der Waals surface area contributed by atoms with Crippen LogP contribution in [0.1, 0.15) is 24.5 Å². The van der Waals surface area contributed by atoms with Crippen molar-refractivity contribution in [2.75, 3.05) is 6.54 Å². The molecular formula is C26H23N3O4S. The Morgan fingerprint density at radius 3 is 2.38 bits per heavy atom. The number of rotatable bonds is 8. The van der Waals surface area contributed by atoms with E-state index in [0.717, 1.165) is 23.2 Å². The number of nitrogens with zero attached hydrogens (tertiary/aromatic N) is 3. The molecule has 4 rings (SSSR count). The first kappa shape index (κ1) is 23.3. The number of thioether (sulfide) groups is 1. The average Bonchev–Trinajstić information content (AvgIpc) is 3.13. The van der Waals surface area contributed by atoms with Gasteiger partial charge in [-0.25, -0.2) is 4.99 Å². The van der Waals surface area contributed by atoms with Crippen LogP contribution in [0.2, 0.25) is 0 Å². The molecule has 0 spiro atoms. The van der Waals surface area contributed by atoms with Crippen molar-refractivity contribution in [3.63, 3.8) is 0 Å². The lowest BCUT2D eigenvalue weighted by atomic mass is 10.2. The maximum atomic E-state index is 13.0. The minimum absolute atomic E-state index is 0.0416. The van der Waals surface area contributed by atoms with Crippen LogP contribution in [0.15, 0.2) is 88.8 Å². The van der Waals surface area contributed by atoms with Crippen molar-refractivity contribution in [2.24, 2.45) is 4.99 Å². The molecule has 1 aliphatic rings. The van der Waals surface area contributed by atoms with Crippen molar-refractivity contribution in [1.29, 1.82) is 0 Å². The Bertz CT molecular complexity index is 1220. The Balaban J connectivity index is 1.44. The van der Waals surface area contributed by atoms with E-state index in [1.807, 2.05) is 67.6 Å². The molecule has 8 heteroatoms. The lowest BCUT2D eigenvalue weighted by molar-refractivity contribution is -0.384. The molecular weight excluding hydrogens is 450 g/mol. The second-order valence-corrected chi connectivity index (χ2v) is 8.59. The number of ether oxygens (including phenoxy) is 1. The fourth-order valence-corrected chi connectivity index (χ4v) is 4.34. The first-order valence-electron chi connectivity index (χ1n) is 10.8. The van der Waals surface area contributed by atoms with Crippen LogP contribution in [-0.4, -0.2) is 27.4 Å². The monoisotopic (exact) mass is 473 g/mol. The van der Waals surface area contributed by atoms with E-state index in [9.17, 15) is 14.9 Å². The van der Waals surface area contributed by atoms with Crippen LogP contribution in [0.4, 0.5) is 11.4 Å². The van der Waals surface area contributed by atoms with Crippen LogP contribution in [0.3, 0.4) is 0 Å². The molecule has 0 saturated carbocycles. The van der Waals surface area contributed by atoms with Gasteiger partial charge in [0, 0.05) is 18.7 Å². The number of non-ortho nitro benzene ring substituents is 1. The largest absolute Gasteiger partial charge is 0.489 e. The van der Waals surface area contributed by atoms with Crippen molar-refractivity contribution in [3.8, 4) is 5.75 Å². The summed E-state index contributed by atoms with van der Waals surface area (Å²) >= 11 is 1.38. The van der Waals surface area contributed by atoms with Gasteiger partial charge in [0.15, 0.2) is 5.17 Å². The fraction of sp³-hybridized carbons (Fsp3) is 0.154. The third-order valence-corrected chi connectivity index (χ3v) is 6.05. The number of carbonyl (C=O) groups is 1. The molecule has 1 saturated heterocycles. The Morgan fingerprint density at radius 1 is 1.03 bits per heavy atom. The highest BCUT2D eigenvalue weighted by Gasteiger charge is 2.32. The second-order valence-electron chi connectivity index (χ2n) is 7.58. The van der Waals surface area contributed by atoms with E-state index >= 15 is 0 Å². The number of nitro groups is 1. The van der Waals surface area contributed by atoms with Crippen LogP contribution < -0.4 is 4.74 Å². The Morgan fingerprint density at radius 2 is 1.74 bits per heavy atom. The van der Waals surface area contributed by atoms with E-state index in [4.69, 9.17) is 4.74 Å². The summed E-state index contributed by atoms with van der Waals surface area (Å²) < 4.78 is 5.78. The zero-order chi connectivity index (χ0) is 23.9. The zero-order valence-corrected chi connectivity index (χ0v) is 19.4. The number of hydrogen-bond donors (Lipinski definition) is 0. The van der Waals surface area contributed by atoms with Crippen LogP contribution in [0.25, 0.3) is 6.08 Å². The van der Waals surface area contributed by atoms with E-state index in [-0.39, 0.29) is 11.6 Å². The SMILES string of the molecule is CCCN1C(=O)/C(=C\c2ccc(OCc3ccc([N+](=O)[O-])cc3)cc2)SC1=Nc1ccccc1. The van der Waals surface area contributed by atoms with Crippen molar-refractivity contribution < 1.29 is 14.5 Å². The summed E-state index contributed by atoms with van der Waals surface area (Å²) in [7, 11) is 0. The predicted molar refractivity (Wildman–Crippen MR) is 135 cm³/mol. The molecule has 0 atom stereocenters. The highest BCUT2D eigenvalue weighted by molar-refractivity contribution is 8.18. The molecule has 7 nitrogen and oxygen atoms in total. The minimum Gasteiger partial charge on any atom is -0.489 e. The summed E-state index contributed by atoms with van der Waals surface area (Å²) in [5, 5.41) is 11.4. The van der Waals surface area contributed by atoms with Gasteiger partial charge in [0.05, 0.1) is 15.5 Å². The number of amidine groups is 1. The number of nitro benzene ring substituents is 1. The molecule has 0 aliphatic carbocycles. The normalized spacial score (nSPS) is 15.8. The van der Waals surface area contributed by atoms with Crippen molar-refractivity contribution in [1.82, 2.24) is 4.90 Å². The van der Waals surface area contributed by atoms with Gasteiger partial charge >= 0.3 is 0 Å². The Labute approximate surface area is 201 Å². The molecule has 0 bridgehead atoms. The van der Waals surface area contributed by atoms with Crippen molar-refractivity contribution in [2.45, 2.75) is 20.0 Å². The molecule has 3 aromatic carbocycles. The van der Waals surface area contributed by atoms with Crippen LogP contribution in [0.5, 0.6) is 5.75 Å². The second kappa shape index (κ2) is 10.8. The molecule has 0 aromatic heterocycles. The number of benzene rings is 3. The third-order valence-electron chi connectivity index (χ3n) is 5.05. The standard InChI is InChI=1S/C26H23N3O4S/c1-2-16-28-25(30)24(34-26(28)27-21-6-4-3-5-7-21)17-19-10-14-23(15-11-19)33-18-20-8-12-22(13-9-20)29(31)32/h3-15,17H,2,16,18H2,1H3/b24-17+,27-26?. The van der Waals surface area contributed by atoms with Gasteiger partial charge in [0.1, 0.15) is 12.4 Å². The number of aliphatic imine (C=N–C) groups is 1. The molecule has 34 heavy (non-hydrogen) atoms. The molecule has 1 fully saturated rings. The van der Waals surface area contributed by atoms with Gasteiger partial charge in [0.2, 0.25) is 0 Å². The first-order valence-corrected chi connectivity index (χ1v) is 11.7. The smallest absolute Gasteiger partial charge is 0.269 e. The molecule has 172 valence electrons. The number of carbonyl (C=O) groups excluding carboxylic acids is 1. The van der Waals surface area contributed by atoms with Crippen molar-refractivity contribution >= 4 is 40.3 Å². The van der Waals surface area contributed by atoms with Crippen molar-refractivity contribution in [3.05, 3.63) is 105 Å². The highest BCUT2D eigenvalue weighted by atomic mass is 32.2. The molecule has 0 unspecified atom stereocenters. The number of para-hydroxylation sites is 1. The molecule has 0 radical (unpaired) electrons. The van der Waals surface area contributed by atoms with Gasteiger partial charge in [-0.1, -0.05) is 37.3 Å². The third kappa shape index (κ3) is 5.71. The summed E-state index contributed by atoms with van der Waals surface area (Å²) in [5.74, 6) is 0.630. The van der Waals surface area contributed by atoms with Gasteiger partial charge < -0.3 is 4.74 Å². The van der Waals surface area contributed by atoms with E-state index in [2.05, 4.69) is 4.99 Å². The van der Waals surface area contributed by atoms with E-state index in [0.29, 0.717) is 29.0 Å². The van der Waals surface area contributed by atoms with Gasteiger partial charge in [-0.15, -0.1) is 0 Å². The first-order chi connectivity index (χ1) is 16.5. The summed E-state index contributed by atoms with van der Waals surface area (Å²) in [4.78, 5) is 30.3. The number of hydrogen-bond acceptors (Lipinski definition) is 6. The molecule has 1 aliphatic heterocycles. The summed E-state index contributed by atoms with van der Waals surface area (Å²) in [5.41, 5.74) is 2.59. The summed E-state index contributed by atoms with van der Waals surface area (Å²) in [6.07, 6.45) is 2.71. The van der Waals surface area contributed by atoms with E-state index in [1.54, 1.807) is 17.0 Å². The van der Waals surface area contributed by atoms with E-state index < -0.39 is 4.92 Å². The van der Waals surface area contributed by atoms with Gasteiger partial charge in [-0.3, -0.25) is 19.8 Å². The fourth-order valence-electron chi connectivity index (χ4n) is 3.32. The highest BCUT2D eigenvalue weighted by Crippen LogP contribution is 2.34. The Kier molecular flexibility index (Phi) is 7.39. The topological polar surface area (TPSA) is 85.0 Å². The van der Waals surface area contributed by atoms with Gasteiger partial charge in [0.25, 0.3) is 11.6 Å². The minimum atomic E-state index is -0.427. The van der Waals surface area contributed by atoms with Gasteiger partial charge in [-0.2, -0.15) is 0 Å². The maximum absolute atomic E-state index is 13.0. The zero-order valence-electron chi connectivity index (χ0n) is 18.6. The van der Waals surface area contributed by atoms with Crippen LogP contribution in [-0.2, 0) is 11.4 Å². The molecule has 0 N–H and O–H groups in total. The Hall–Kier alpha value is -3.91.